The van der Waals surface area contributed by atoms with Crippen LogP contribution in [-0.2, 0) is 0 Å². The summed E-state index contributed by atoms with van der Waals surface area (Å²) in [4.78, 5) is 27.1. The van der Waals surface area contributed by atoms with Crippen LogP contribution in [0.25, 0.3) is 0 Å². The molecule has 22 heavy (non-hydrogen) atoms. The Hall–Kier alpha value is -2.07. The Bertz CT molecular complexity index is 720. The molecule has 2 amide bonds. The van der Waals surface area contributed by atoms with E-state index in [0.717, 1.165) is 0 Å². The zero-order valence-electron chi connectivity index (χ0n) is 12.6. The number of fused-ring (bicyclic) bond motifs is 1. The zero-order valence-corrected chi connectivity index (χ0v) is 13.4. The van der Waals surface area contributed by atoms with Gasteiger partial charge in [-0.15, -0.1) is 11.8 Å². The van der Waals surface area contributed by atoms with Crippen molar-refractivity contribution in [3.05, 3.63) is 64.7 Å². The fourth-order valence-corrected chi connectivity index (χ4v) is 3.60. The number of carbonyl (C=O) groups is 2. The van der Waals surface area contributed by atoms with E-state index in [9.17, 15) is 9.59 Å². The number of rotatable bonds is 4. The molecule has 0 saturated heterocycles. The van der Waals surface area contributed by atoms with Gasteiger partial charge in [-0.05, 0) is 37.6 Å². The predicted molar refractivity (Wildman–Crippen MR) is 88.4 cm³/mol. The van der Waals surface area contributed by atoms with E-state index in [2.05, 4.69) is 32.0 Å². The largest absolute Gasteiger partial charge is 0.273 e. The van der Waals surface area contributed by atoms with E-state index >= 15 is 0 Å². The number of aryl methyl sites for hydroxylation is 2. The van der Waals surface area contributed by atoms with Crippen molar-refractivity contribution in [1.82, 2.24) is 4.90 Å². The van der Waals surface area contributed by atoms with Crippen LogP contribution in [0.15, 0.2) is 47.4 Å². The molecule has 0 unspecified atom stereocenters. The smallest absolute Gasteiger partial charge is 0.261 e. The van der Waals surface area contributed by atoms with Crippen molar-refractivity contribution in [1.29, 1.82) is 0 Å². The first-order chi connectivity index (χ1) is 10.6. The minimum atomic E-state index is -0.179. The summed E-state index contributed by atoms with van der Waals surface area (Å²) in [7, 11) is 0. The van der Waals surface area contributed by atoms with Gasteiger partial charge in [0, 0.05) is 17.2 Å². The molecule has 0 N–H and O–H groups in total. The van der Waals surface area contributed by atoms with Gasteiger partial charge in [-0.25, -0.2) is 0 Å². The number of amides is 2. The highest BCUT2D eigenvalue weighted by molar-refractivity contribution is 7.99. The Labute approximate surface area is 134 Å². The van der Waals surface area contributed by atoms with Gasteiger partial charge in [0.05, 0.1) is 11.1 Å². The molecule has 2 aromatic carbocycles. The standard InChI is InChI=1S/C18H17NO2S/c1-12-7-8-16(13(2)11-12)22-10-9-19-17(20)14-5-3-4-6-15(14)18(19)21/h3-8,11H,9-10H2,1-2H3. The molecule has 0 bridgehead atoms. The molecule has 0 atom stereocenters. The van der Waals surface area contributed by atoms with E-state index in [0.29, 0.717) is 23.4 Å². The van der Waals surface area contributed by atoms with Crippen molar-refractivity contribution >= 4 is 23.6 Å². The lowest BCUT2D eigenvalue weighted by molar-refractivity contribution is 0.0664. The molecule has 0 aliphatic carbocycles. The molecule has 3 nitrogen and oxygen atoms in total. The molecule has 0 fully saturated rings. The molecule has 1 heterocycles. The topological polar surface area (TPSA) is 37.4 Å². The Morgan fingerprint density at radius 1 is 0.955 bits per heavy atom. The summed E-state index contributed by atoms with van der Waals surface area (Å²) < 4.78 is 0. The Balaban J connectivity index is 1.66. The maximum Gasteiger partial charge on any atom is 0.261 e. The average molecular weight is 311 g/mol. The van der Waals surface area contributed by atoms with E-state index in [4.69, 9.17) is 0 Å². The summed E-state index contributed by atoms with van der Waals surface area (Å²) in [6.07, 6.45) is 0. The molecule has 0 radical (unpaired) electrons. The molecule has 0 spiro atoms. The van der Waals surface area contributed by atoms with Crippen LogP contribution in [0.3, 0.4) is 0 Å². The maximum atomic E-state index is 12.3. The molecular formula is C18H17NO2S. The highest BCUT2D eigenvalue weighted by atomic mass is 32.2. The average Bonchev–Trinajstić information content (AvgIpc) is 2.75. The second kappa shape index (κ2) is 5.97. The van der Waals surface area contributed by atoms with Crippen molar-refractivity contribution in [2.75, 3.05) is 12.3 Å². The lowest BCUT2D eigenvalue weighted by Crippen LogP contribution is -2.31. The molecule has 1 aliphatic rings. The Kier molecular flexibility index (Phi) is 4.03. The Morgan fingerprint density at radius 2 is 1.59 bits per heavy atom. The summed E-state index contributed by atoms with van der Waals surface area (Å²) in [6, 6.07) is 13.3. The third-order valence-corrected chi connectivity index (χ3v) is 4.94. The van der Waals surface area contributed by atoms with E-state index in [1.807, 2.05) is 0 Å². The summed E-state index contributed by atoms with van der Waals surface area (Å²) in [5.74, 6) is 0.346. The van der Waals surface area contributed by atoms with Crippen LogP contribution >= 0.6 is 11.8 Å². The Morgan fingerprint density at radius 3 is 2.18 bits per heavy atom. The van der Waals surface area contributed by atoms with E-state index in [-0.39, 0.29) is 11.8 Å². The fraction of sp³-hybridized carbons (Fsp3) is 0.222. The first-order valence-corrected chi connectivity index (χ1v) is 8.22. The monoisotopic (exact) mass is 311 g/mol. The van der Waals surface area contributed by atoms with Crippen molar-refractivity contribution in [3.8, 4) is 0 Å². The first kappa shape index (κ1) is 14.9. The normalized spacial score (nSPS) is 13.6. The third kappa shape index (κ3) is 2.66. The number of benzene rings is 2. The zero-order chi connectivity index (χ0) is 15.7. The quantitative estimate of drug-likeness (QED) is 0.638. The summed E-state index contributed by atoms with van der Waals surface area (Å²) in [6.45, 7) is 4.59. The van der Waals surface area contributed by atoms with Crippen LogP contribution in [-0.4, -0.2) is 29.0 Å². The number of imide groups is 1. The summed E-state index contributed by atoms with van der Waals surface area (Å²) in [5.41, 5.74) is 3.50. The first-order valence-electron chi connectivity index (χ1n) is 7.23. The lowest BCUT2D eigenvalue weighted by Gasteiger charge is -2.14. The summed E-state index contributed by atoms with van der Waals surface area (Å²) in [5, 5.41) is 0. The number of hydrogen-bond acceptors (Lipinski definition) is 3. The van der Waals surface area contributed by atoms with Crippen LogP contribution < -0.4 is 0 Å². The van der Waals surface area contributed by atoms with Crippen LogP contribution in [0.5, 0.6) is 0 Å². The van der Waals surface area contributed by atoms with E-state index in [1.165, 1.54) is 20.9 Å². The summed E-state index contributed by atoms with van der Waals surface area (Å²) >= 11 is 1.68. The van der Waals surface area contributed by atoms with Gasteiger partial charge in [0.25, 0.3) is 11.8 Å². The van der Waals surface area contributed by atoms with Gasteiger partial charge in [0.15, 0.2) is 0 Å². The number of nitrogens with zero attached hydrogens (tertiary/aromatic N) is 1. The van der Waals surface area contributed by atoms with Gasteiger partial charge in [-0.1, -0.05) is 29.8 Å². The predicted octanol–water partition coefficient (Wildman–Crippen LogP) is 3.69. The van der Waals surface area contributed by atoms with Gasteiger partial charge in [-0.3, -0.25) is 14.5 Å². The van der Waals surface area contributed by atoms with Crippen LogP contribution in [0.1, 0.15) is 31.8 Å². The third-order valence-electron chi connectivity index (χ3n) is 3.78. The van der Waals surface area contributed by atoms with Gasteiger partial charge < -0.3 is 0 Å². The van der Waals surface area contributed by atoms with Crippen molar-refractivity contribution in [3.63, 3.8) is 0 Å². The van der Waals surface area contributed by atoms with Gasteiger partial charge in [0.1, 0.15) is 0 Å². The van der Waals surface area contributed by atoms with Crippen LogP contribution in [0, 0.1) is 13.8 Å². The van der Waals surface area contributed by atoms with Gasteiger partial charge in [0.2, 0.25) is 0 Å². The van der Waals surface area contributed by atoms with Gasteiger partial charge >= 0.3 is 0 Å². The minimum absolute atomic E-state index is 0.179. The fourth-order valence-electron chi connectivity index (χ4n) is 2.65. The molecule has 4 heteroatoms. The number of carbonyl (C=O) groups excluding carboxylic acids is 2. The molecule has 1 aliphatic heterocycles. The van der Waals surface area contributed by atoms with Crippen LogP contribution in [0.2, 0.25) is 0 Å². The van der Waals surface area contributed by atoms with Crippen molar-refractivity contribution in [2.45, 2.75) is 18.7 Å². The van der Waals surface area contributed by atoms with E-state index in [1.54, 1.807) is 36.0 Å². The van der Waals surface area contributed by atoms with Crippen molar-refractivity contribution < 1.29 is 9.59 Å². The number of hydrogen-bond donors (Lipinski definition) is 0. The molecule has 3 rings (SSSR count). The highest BCUT2D eigenvalue weighted by Crippen LogP contribution is 2.26. The van der Waals surface area contributed by atoms with Crippen molar-refractivity contribution in [2.24, 2.45) is 0 Å². The highest BCUT2D eigenvalue weighted by Gasteiger charge is 2.34. The van der Waals surface area contributed by atoms with Gasteiger partial charge in [-0.2, -0.15) is 0 Å². The van der Waals surface area contributed by atoms with E-state index < -0.39 is 0 Å². The molecule has 2 aromatic rings. The number of thioether (sulfide) groups is 1. The minimum Gasteiger partial charge on any atom is -0.273 e. The molecule has 0 aromatic heterocycles. The molecule has 0 saturated carbocycles. The SMILES string of the molecule is Cc1ccc(SCCN2C(=O)c3ccccc3C2=O)c(C)c1. The lowest BCUT2D eigenvalue weighted by atomic mass is 10.1. The van der Waals surface area contributed by atoms with Crippen LogP contribution in [0.4, 0.5) is 0 Å². The molecule has 112 valence electrons. The maximum absolute atomic E-state index is 12.3. The second-order valence-electron chi connectivity index (χ2n) is 5.42. The second-order valence-corrected chi connectivity index (χ2v) is 6.56. The molecular weight excluding hydrogens is 294 g/mol.